The lowest BCUT2D eigenvalue weighted by atomic mass is 10.00. The number of likely N-dealkylation sites (tertiary alicyclic amines) is 1. The summed E-state index contributed by atoms with van der Waals surface area (Å²) in [4.78, 5) is 35.9. The van der Waals surface area contributed by atoms with E-state index in [9.17, 15) is 14.0 Å². The largest absolute Gasteiger partial charge is 0.354 e. The van der Waals surface area contributed by atoms with E-state index >= 15 is 0 Å². The number of anilines is 1. The second-order valence-corrected chi connectivity index (χ2v) is 9.82. The molecule has 1 N–H and O–H groups in total. The fourth-order valence-electron chi connectivity index (χ4n) is 4.72. The topological polar surface area (TPSA) is 96.2 Å². The number of carbonyl (C=O) groups is 2. The lowest BCUT2D eigenvalue weighted by Gasteiger charge is -2.26. The number of nitrogens with one attached hydrogen (secondary N) is 1. The average molecular weight is 522 g/mol. The van der Waals surface area contributed by atoms with E-state index in [-0.39, 0.29) is 19.5 Å². The van der Waals surface area contributed by atoms with Gasteiger partial charge in [0.15, 0.2) is 5.82 Å². The van der Waals surface area contributed by atoms with Crippen LogP contribution < -0.4 is 10.2 Å². The van der Waals surface area contributed by atoms with Gasteiger partial charge in [-0.3, -0.25) is 14.6 Å². The minimum absolute atomic E-state index is 0.0595. The van der Waals surface area contributed by atoms with Gasteiger partial charge in [0.2, 0.25) is 11.8 Å². The second kappa shape index (κ2) is 12.1. The summed E-state index contributed by atoms with van der Waals surface area (Å²) in [6.45, 7) is 9.43. The molecule has 202 valence electrons. The summed E-state index contributed by atoms with van der Waals surface area (Å²) in [7, 11) is 0. The molecular weight excluding hydrogens is 485 g/mol. The zero-order chi connectivity index (χ0) is 27.2. The maximum atomic E-state index is 14.6. The first-order chi connectivity index (χ1) is 18.3. The van der Waals surface area contributed by atoms with Crippen molar-refractivity contribution >= 4 is 17.6 Å². The molecule has 3 atom stereocenters. The quantitative estimate of drug-likeness (QED) is 0.439. The first-order valence-electron chi connectivity index (χ1n) is 13.2. The molecule has 3 unspecified atom stereocenters. The number of hydrogen-bond acceptors (Lipinski definition) is 6. The molecule has 0 aliphatic carbocycles. The van der Waals surface area contributed by atoms with Crippen LogP contribution >= 0.6 is 0 Å². The van der Waals surface area contributed by atoms with Gasteiger partial charge in [-0.15, -0.1) is 5.10 Å². The third-order valence-electron chi connectivity index (χ3n) is 6.95. The molecule has 38 heavy (non-hydrogen) atoms. The minimum Gasteiger partial charge on any atom is -0.354 e. The molecule has 4 rings (SSSR count). The van der Waals surface area contributed by atoms with Crippen molar-refractivity contribution in [2.45, 2.75) is 64.8 Å². The van der Waals surface area contributed by atoms with Crippen molar-refractivity contribution in [2.24, 2.45) is 0 Å². The molecule has 3 aromatic rings. The van der Waals surface area contributed by atoms with Gasteiger partial charge in [0.1, 0.15) is 18.8 Å². The summed E-state index contributed by atoms with van der Waals surface area (Å²) in [6.07, 6.45) is 2.07. The van der Waals surface area contributed by atoms with Crippen LogP contribution in [0.1, 0.15) is 62.9 Å². The third-order valence-corrected chi connectivity index (χ3v) is 6.95. The smallest absolute Gasteiger partial charge is 0.246 e. The number of benzene rings is 1. The van der Waals surface area contributed by atoms with Gasteiger partial charge in [-0.25, -0.2) is 4.39 Å². The molecule has 9 nitrogen and oxygen atoms in total. The lowest BCUT2D eigenvalue weighted by Crippen LogP contribution is -2.48. The van der Waals surface area contributed by atoms with Gasteiger partial charge in [0.05, 0.1) is 24.5 Å². The highest BCUT2D eigenvalue weighted by Crippen LogP contribution is 2.26. The van der Waals surface area contributed by atoms with E-state index in [0.717, 1.165) is 24.2 Å². The van der Waals surface area contributed by atoms with Crippen molar-refractivity contribution in [3.05, 3.63) is 71.7 Å². The summed E-state index contributed by atoms with van der Waals surface area (Å²) in [6, 6.07) is 11.9. The van der Waals surface area contributed by atoms with Crippen molar-refractivity contribution in [3.63, 3.8) is 0 Å². The van der Waals surface area contributed by atoms with Crippen LogP contribution in [0.5, 0.6) is 0 Å². The maximum Gasteiger partial charge on any atom is 0.246 e. The number of rotatable bonds is 10. The Hall–Kier alpha value is -3.82. The molecular formula is C28H36FN7O2. The number of aromatic nitrogens is 4. The van der Waals surface area contributed by atoms with E-state index in [4.69, 9.17) is 0 Å². The summed E-state index contributed by atoms with van der Waals surface area (Å²) in [5.41, 5.74) is 2.62. The van der Waals surface area contributed by atoms with Crippen LogP contribution in [0.2, 0.25) is 0 Å². The van der Waals surface area contributed by atoms with E-state index in [1.54, 1.807) is 6.20 Å². The molecule has 1 aliphatic heterocycles. The summed E-state index contributed by atoms with van der Waals surface area (Å²) >= 11 is 0. The van der Waals surface area contributed by atoms with Gasteiger partial charge >= 0.3 is 0 Å². The van der Waals surface area contributed by atoms with Crippen LogP contribution in [-0.4, -0.2) is 68.5 Å². The Morgan fingerprint density at radius 2 is 1.82 bits per heavy atom. The van der Waals surface area contributed by atoms with Gasteiger partial charge in [-0.05, 0) is 37.0 Å². The van der Waals surface area contributed by atoms with E-state index in [1.165, 1.54) is 9.70 Å². The van der Waals surface area contributed by atoms with Gasteiger partial charge < -0.3 is 15.1 Å². The standard InChI is InChI=1S/C28H36FN7O2/c1-5-34(6-2)25-16-31-36(33-25)18-26(37)35-17-22(29)14-24(35)28(38)32-27(20-10-8-7-9-11-20)23-13-12-21(15-30-23)19(3)4/h7-13,15-16,19,22,24,27H,5-6,14,17-18H2,1-4H3,(H,32,38). The Labute approximate surface area is 223 Å². The highest BCUT2D eigenvalue weighted by Gasteiger charge is 2.40. The molecule has 2 aromatic heterocycles. The molecule has 1 aliphatic rings. The van der Waals surface area contributed by atoms with Crippen molar-refractivity contribution < 1.29 is 14.0 Å². The Kier molecular flexibility index (Phi) is 8.70. The molecule has 10 heteroatoms. The Morgan fingerprint density at radius 1 is 1.08 bits per heavy atom. The average Bonchev–Trinajstić information content (AvgIpc) is 3.55. The molecule has 3 heterocycles. The van der Waals surface area contributed by atoms with E-state index < -0.39 is 30.1 Å². The van der Waals surface area contributed by atoms with Crippen LogP contribution in [0.4, 0.5) is 10.2 Å². The van der Waals surface area contributed by atoms with E-state index in [0.29, 0.717) is 17.4 Å². The zero-order valence-electron chi connectivity index (χ0n) is 22.4. The Morgan fingerprint density at radius 3 is 2.45 bits per heavy atom. The first-order valence-corrected chi connectivity index (χ1v) is 13.2. The van der Waals surface area contributed by atoms with Gasteiger partial charge in [-0.1, -0.05) is 50.2 Å². The predicted octanol–water partition coefficient (Wildman–Crippen LogP) is 3.49. The molecule has 1 aromatic carbocycles. The monoisotopic (exact) mass is 521 g/mol. The minimum atomic E-state index is -1.29. The van der Waals surface area contributed by atoms with Gasteiger partial charge in [0, 0.05) is 25.7 Å². The van der Waals surface area contributed by atoms with Gasteiger partial charge in [0.25, 0.3) is 0 Å². The van der Waals surface area contributed by atoms with Crippen LogP contribution in [0.15, 0.2) is 54.9 Å². The van der Waals surface area contributed by atoms with Crippen LogP contribution in [0, 0.1) is 0 Å². The Bertz CT molecular complexity index is 1210. The molecule has 0 saturated carbocycles. The summed E-state index contributed by atoms with van der Waals surface area (Å²) in [5, 5.41) is 11.6. The molecule has 0 radical (unpaired) electrons. The fraction of sp³-hybridized carbons (Fsp3) is 0.464. The van der Waals surface area contributed by atoms with Crippen molar-refractivity contribution in [1.29, 1.82) is 0 Å². The number of amides is 2. The SMILES string of the molecule is CCN(CC)c1cnn(CC(=O)N2CC(F)CC2C(=O)NC(c2ccccc2)c2ccc(C(C)C)cn2)n1. The number of halogens is 1. The van der Waals surface area contributed by atoms with Crippen LogP contribution in [0.3, 0.4) is 0 Å². The molecule has 2 amide bonds. The third kappa shape index (κ3) is 6.17. The number of carbonyl (C=O) groups excluding carboxylic acids is 2. The highest BCUT2D eigenvalue weighted by atomic mass is 19.1. The fourth-order valence-corrected chi connectivity index (χ4v) is 4.72. The summed E-state index contributed by atoms with van der Waals surface area (Å²) in [5.74, 6) is 0.179. The highest BCUT2D eigenvalue weighted by molar-refractivity contribution is 5.88. The first kappa shape index (κ1) is 27.2. The molecule has 1 fully saturated rings. The number of pyridine rings is 1. The van der Waals surface area contributed by atoms with Crippen LogP contribution in [-0.2, 0) is 16.1 Å². The van der Waals surface area contributed by atoms with Crippen molar-refractivity contribution in [3.8, 4) is 0 Å². The maximum absolute atomic E-state index is 14.6. The van der Waals surface area contributed by atoms with Crippen molar-refractivity contribution in [1.82, 2.24) is 30.2 Å². The number of nitrogens with zero attached hydrogens (tertiary/aromatic N) is 6. The molecule has 0 spiro atoms. The summed E-state index contributed by atoms with van der Waals surface area (Å²) < 4.78 is 14.6. The predicted molar refractivity (Wildman–Crippen MR) is 143 cm³/mol. The second-order valence-electron chi connectivity index (χ2n) is 9.82. The Balaban J connectivity index is 1.51. The normalized spacial score (nSPS) is 18.0. The molecule has 1 saturated heterocycles. The van der Waals surface area contributed by atoms with E-state index in [1.807, 2.05) is 67.4 Å². The zero-order valence-corrected chi connectivity index (χ0v) is 22.4. The molecule has 0 bridgehead atoms. The van der Waals surface area contributed by atoms with Crippen LogP contribution in [0.25, 0.3) is 0 Å². The van der Waals surface area contributed by atoms with Crippen molar-refractivity contribution in [2.75, 3.05) is 24.5 Å². The van der Waals surface area contributed by atoms with E-state index in [2.05, 4.69) is 34.3 Å². The number of alkyl halides is 1. The number of hydrogen-bond donors (Lipinski definition) is 1. The van der Waals surface area contributed by atoms with Gasteiger partial charge in [-0.2, -0.15) is 9.90 Å². The lowest BCUT2D eigenvalue weighted by molar-refractivity contribution is -0.139.